The molecule has 13 nitrogen and oxygen atoms in total. The lowest BCUT2D eigenvalue weighted by molar-refractivity contribution is -0.119. The molecule has 0 saturated carbocycles. The summed E-state index contributed by atoms with van der Waals surface area (Å²) >= 11 is 0.923. The van der Waals surface area contributed by atoms with Gasteiger partial charge >= 0.3 is 13.4 Å². The van der Waals surface area contributed by atoms with Crippen molar-refractivity contribution in [2.24, 2.45) is 5.41 Å². The first-order valence-corrected chi connectivity index (χ1v) is 14.6. The van der Waals surface area contributed by atoms with E-state index in [9.17, 15) is 34.3 Å². The first kappa shape index (κ1) is 31.4. The molecule has 2 aromatic rings. The predicted octanol–water partition coefficient (Wildman–Crippen LogP) is 0.755. The Balaban J connectivity index is 1.70. The van der Waals surface area contributed by atoms with Crippen LogP contribution in [0, 0.1) is 5.41 Å². The highest BCUT2D eigenvalue weighted by molar-refractivity contribution is 8.13. The molecule has 1 saturated heterocycles. The third-order valence-electron chi connectivity index (χ3n) is 6.12. The van der Waals surface area contributed by atoms with E-state index in [1.54, 1.807) is 38.1 Å². The number of aromatic amines is 1. The van der Waals surface area contributed by atoms with Gasteiger partial charge in [0.15, 0.2) is 11.3 Å². The Morgan fingerprint density at radius 2 is 1.92 bits per heavy atom. The zero-order valence-electron chi connectivity index (χ0n) is 21.8. The van der Waals surface area contributed by atoms with Crippen LogP contribution in [0.5, 0.6) is 0 Å². The summed E-state index contributed by atoms with van der Waals surface area (Å²) in [6.45, 7) is 3.76. The molecule has 0 radical (unpaired) electrons. The van der Waals surface area contributed by atoms with Crippen LogP contribution in [0.25, 0.3) is 0 Å². The van der Waals surface area contributed by atoms with Gasteiger partial charge in [0.25, 0.3) is 5.56 Å². The minimum Gasteiger partial charge on any atom is -0.395 e. The van der Waals surface area contributed by atoms with Gasteiger partial charge in [-0.05, 0) is 26.3 Å². The summed E-state index contributed by atoms with van der Waals surface area (Å²) in [5, 5.41) is 33.2. The number of H-pyrrole nitrogens is 1. The minimum atomic E-state index is -4.05. The van der Waals surface area contributed by atoms with Crippen LogP contribution >= 0.6 is 19.5 Å². The van der Waals surface area contributed by atoms with Gasteiger partial charge in [0, 0.05) is 24.6 Å². The van der Waals surface area contributed by atoms with Crippen molar-refractivity contribution in [2.75, 3.05) is 25.6 Å². The number of carbonyl (C=O) groups is 1. The van der Waals surface area contributed by atoms with Crippen molar-refractivity contribution in [1.29, 1.82) is 0 Å². The third-order valence-corrected chi connectivity index (χ3v) is 8.85. The quantitative estimate of drug-likeness (QED) is 0.164. The molecule has 1 fully saturated rings. The summed E-state index contributed by atoms with van der Waals surface area (Å²) in [4.78, 5) is 37.9. The lowest BCUT2D eigenvalue weighted by atomic mass is 9.97. The molecule has 3 rings (SSSR count). The molecule has 1 aliphatic rings. The van der Waals surface area contributed by atoms with Crippen molar-refractivity contribution in [1.82, 2.24) is 14.6 Å². The Bertz CT molecular complexity index is 1290. The zero-order chi connectivity index (χ0) is 28.8. The van der Waals surface area contributed by atoms with Crippen molar-refractivity contribution >= 4 is 24.6 Å². The molecule has 0 spiro atoms. The fraction of sp³-hybridized carbons (Fsp3) is 0.542. The number of nitrogens with one attached hydrogen (secondary N) is 2. The van der Waals surface area contributed by atoms with Gasteiger partial charge in [0.2, 0.25) is 0 Å². The molecule has 5 atom stereocenters. The van der Waals surface area contributed by atoms with E-state index < -0.39 is 55.1 Å². The Labute approximate surface area is 229 Å². The van der Waals surface area contributed by atoms with E-state index in [2.05, 4.69) is 5.09 Å². The molecule has 1 aromatic carbocycles. The van der Waals surface area contributed by atoms with Gasteiger partial charge in [-0.2, -0.15) is 0 Å². The number of benzene rings is 1. The second-order valence-electron chi connectivity index (χ2n) is 9.88. The van der Waals surface area contributed by atoms with E-state index in [0.29, 0.717) is 0 Å². The standard InChI is InChI=1S/C24H34N3O10PS/c1-23(2,14-28)21(32)39-12-11-35-38(34,25-13-16-7-5-4-6-8-16)36-15-24(3)19(31)18(30)20(37-24)27-10-9-17(29)26-22(27)33/h4-10,18-20,28,30-31H,11-15H2,1-3H3,(H,25,34)(H,26,29,33)/t18-,19+,20-,24-,38?/m1/s1. The fourth-order valence-corrected chi connectivity index (χ4v) is 5.90. The van der Waals surface area contributed by atoms with Crippen LogP contribution < -0.4 is 16.3 Å². The van der Waals surface area contributed by atoms with E-state index >= 15 is 0 Å². The smallest absolute Gasteiger partial charge is 0.395 e. The van der Waals surface area contributed by atoms with Crippen molar-refractivity contribution in [2.45, 2.75) is 51.4 Å². The number of aliphatic hydroxyl groups excluding tert-OH is 3. The maximum atomic E-state index is 13.6. The van der Waals surface area contributed by atoms with Crippen LogP contribution in [-0.2, 0) is 29.7 Å². The highest BCUT2D eigenvalue weighted by atomic mass is 32.2. The Morgan fingerprint density at radius 3 is 2.56 bits per heavy atom. The number of nitrogens with zero attached hydrogens (tertiary/aromatic N) is 1. The van der Waals surface area contributed by atoms with Crippen LogP contribution in [0.15, 0.2) is 52.2 Å². The average molecular weight is 588 g/mol. The van der Waals surface area contributed by atoms with Crippen molar-refractivity contribution < 1.29 is 38.5 Å². The predicted molar refractivity (Wildman–Crippen MR) is 143 cm³/mol. The second-order valence-corrected chi connectivity index (χ2v) is 12.8. The molecular formula is C24H34N3O10PS. The summed E-state index contributed by atoms with van der Waals surface area (Å²) < 4.78 is 31.5. The Hall–Kier alpha value is -2.13. The molecule has 39 heavy (non-hydrogen) atoms. The fourth-order valence-electron chi connectivity index (χ4n) is 3.58. The van der Waals surface area contributed by atoms with Gasteiger partial charge in [0.1, 0.15) is 17.8 Å². The maximum Gasteiger partial charge on any atom is 0.405 e. The number of aliphatic hydroxyl groups is 3. The number of carbonyl (C=O) groups excluding carboxylic acids is 1. The Kier molecular flexibility index (Phi) is 10.5. The topological polar surface area (TPSA) is 189 Å². The highest BCUT2D eigenvalue weighted by Crippen LogP contribution is 2.47. The normalized spacial score (nSPS) is 24.9. The molecule has 0 bridgehead atoms. The molecule has 2 heterocycles. The third kappa shape index (κ3) is 7.97. The second kappa shape index (κ2) is 13.0. The van der Waals surface area contributed by atoms with Gasteiger partial charge in [0.05, 0.1) is 25.2 Å². The highest BCUT2D eigenvalue weighted by Gasteiger charge is 2.53. The van der Waals surface area contributed by atoms with Crippen molar-refractivity contribution in [3.8, 4) is 0 Å². The summed E-state index contributed by atoms with van der Waals surface area (Å²) in [6.07, 6.45) is -3.36. The van der Waals surface area contributed by atoms with Gasteiger partial charge < -0.3 is 20.1 Å². The molecule has 1 aromatic heterocycles. The van der Waals surface area contributed by atoms with Gasteiger partial charge in [-0.1, -0.05) is 42.1 Å². The van der Waals surface area contributed by atoms with Gasteiger partial charge in [-0.15, -0.1) is 0 Å². The van der Waals surface area contributed by atoms with Crippen LogP contribution in [0.4, 0.5) is 0 Å². The lowest BCUT2D eigenvalue weighted by Crippen LogP contribution is -2.44. The minimum absolute atomic E-state index is 0.111. The summed E-state index contributed by atoms with van der Waals surface area (Å²) in [7, 11) is -4.05. The number of aromatic nitrogens is 2. The number of hydrogen-bond donors (Lipinski definition) is 5. The van der Waals surface area contributed by atoms with E-state index in [1.807, 2.05) is 11.1 Å². The largest absolute Gasteiger partial charge is 0.405 e. The molecule has 5 N–H and O–H groups in total. The van der Waals surface area contributed by atoms with Crippen molar-refractivity contribution in [3.05, 3.63) is 69.0 Å². The van der Waals surface area contributed by atoms with E-state index in [1.165, 1.54) is 6.92 Å². The first-order valence-electron chi connectivity index (χ1n) is 12.1. The maximum absolute atomic E-state index is 13.6. The summed E-state index contributed by atoms with van der Waals surface area (Å²) in [5.74, 6) is 0.134. The average Bonchev–Trinajstić information content (AvgIpc) is 3.13. The monoisotopic (exact) mass is 587 g/mol. The number of hydrogen-bond acceptors (Lipinski definition) is 11. The van der Waals surface area contributed by atoms with E-state index in [4.69, 9.17) is 13.8 Å². The molecule has 1 aliphatic heterocycles. The molecule has 15 heteroatoms. The number of ether oxygens (including phenoxy) is 1. The van der Waals surface area contributed by atoms with Crippen molar-refractivity contribution in [3.63, 3.8) is 0 Å². The van der Waals surface area contributed by atoms with Crippen LogP contribution in [-0.4, -0.2) is 73.4 Å². The van der Waals surface area contributed by atoms with Crippen LogP contribution in [0.2, 0.25) is 0 Å². The number of rotatable bonds is 13. The molecular weight excluding hydrogens is 553 g/mol. The molecule has 1 unspecified atom stereocenters. The first-order chi connectivity index (χ1) is 18.3. The van der Waals surface area contributed by atoms with Gasteiger partial charge in [-0.25, -0.2) is 14.4 Å². The molecule has 0 aliphatic carbocycles. The van der Waals surface area contributed by atoms with Crippen LogP contribution in [0.1, 0.15) is 32.6 Å². The zero-order valence-corrected chi connectivity index (χ0v) is 23.5. The summed E-state index contributed by atoms with van der Waals surface area (Å²) in [6, 6.07) is 10.1. The summed E-state index contributed by atoms with van der Waals surface area (Å²) in [5.41, 5.74) is -3.26. The molecule has 216 valence electrons. The SMILES string of the molecule is CC(C)(CO)C(=O)SCCOP(=O)(NCc1ccccc1)OC[C@@]1(C)O[C@@H](n2ccc(=O)[nH]c2=O)[C@H](O)[C@@H]1O. The van der Waals surface area contributed by atoms with E-state index in [-0.39, 0.29) is 30.6 Å². The Morgan fingerprint density at radius 1 is 1.23 bits per heavy atom. The van der Waals surface area contributed by atoms with Crippen LogP contribution in [0.3, 0.4) is 0 Å². The number of thioether (sulfide) groups is 1. The lowest BCUT2D eigenvalue weighted by Gasteiger charge is -2.29. The van der Waals surface area contributed by atoms with Gasteiger partial charge in [-0.3, -0.25) is 28.2 Å². The van der Waals surface area contributed by atoms with E-state index in [0.717, 1.165) is 34.2 Å². The molecule has 0 amide bonds.